The topological polar surface area (TPSA) is 25.8 Å². The fourth-order valence-electron chi connectivity index (χ4n) is 2.09. The Morgan fingerprint density at radius 2 is 1.67 bits per heavy atom. The molecule has 4 rings (SSSR count). The molecule has 0 aliphatic rings. The highest BCUT2D eigenvalue weighted by Crippen LogP contribution is 2.34. The van der Waals surface area contributed by atoms with Crippen LogP contribution in [-0.2, 0) is 0 Å². The van der Waals surface area contributed by atoms with E-state index in [4.69, 9.17) is 4.98 Å². The Bertz CT molecular complexity index is 876. The van der Waals surface area contributed by atoms with Gasteiger partial charge in [0.25, 0.3) is 0 Å². The molecule has 0 spiro atoms. The van der Waals surface area contributed by atoms with Crippen molar-refractivity contribution in [3.8, 4) is 21.3 Å². The molecule has 0 saturated carbocycles. The molecule has 2 aromatic heterocycles. The van der Waals surface area contributed by atoms with Crippen LogP contribution < -0.4 is 0 Å². The fraction of sp³-hybridized carbons (Fsp3) is 0. The minimum absolute atomic E-state index is 0.981. The van der Waals surface area contributed by atoms with Crippen LogP contribution in [0.1, 0.15) is 0 Å². The lowest BCUT2D eigenvalue weighted by Gasteiger charge is -1.95. The number of benzene rings is 2. The minimum Gasteiger partial charge on any atom is -0.233 e. The van der Waals surface area contributed by atoms with Crippen LogP contribution >= 0.6 is 38.6 Å². The Kier molecular flexibility index (Phi) is 3.33. The maximum atomic E-state index is 4.73. The second kappa shape index (κ2) is 5.33. The van der Waals surface area contributed by atoms with Crippen LogP contribution in [0.3, 0.4) is 0 Å². The van der Waals surface area contributed by atoms with Gasteiger partial charge in [0, 0.05) is 15.4 Å². The van der Waals surface area contributed by atoms with Crippen molar-refractivity contribution in [3.63, 3.8) is 0 Å². The number of fused-ring (bicyclic) bond motifs is 1. The summed E-state index contributed by atoms with van der Waals surface area (Å²) in [7, 11) is 0. The summed E-state index contributed by atoms with van der Waals surface area (Å²) in [5, 5.41) is 4.06. The predicted molar refractivity (Wildman–Crippen MR) is 93.9 cm³/mol. The number of aromatic nitrogens is 2. The molecule has 102 valence electrons. The van der Waals surface area contributed by atoms with Crippen molar-refractivity contribution in [2.75, 3.05) is 0 Å². The van der Waals surface area contributed by atoms with Crippen LogP contribution in [0.5, 0.6) is 0 Å². The first-order valence-corrected chi connectivity index (χ1v) is 8.86. The lowest BCUT2D eigenvalue weighted by Crippen LogP contribution is -1.78. The number of nitrogens with zero attached hydrogens (tertiary/aromatic N) is 2. The average molecular weight is 373 g/mol. The zero-order chi connectivity index (χ0) is 14.2. The molecule has 2 aromatic carbocycles. The molecule has 5 heteroatoms. The smallest absolute Gasteiger partial charge is 0.153 e. The molecule has 0 N–H and O–H groups in total. The zero-order valence-corrected chi connectivity index (χ0v) is 14.0. The van der Waals surface area contributed by atoms with E-state index in [9.17, 15) is 0 Å². The van der Waals surface area contributed by atoms with Gasteiger partial charge in [0.1, 0.15) is 0 Å². The van der Waals surface area contributed by atoms with E-state index in [-0.39, 0.29) is 0 Å². The Labute approximate surface area is 138 Å². The van der Waals surface area contributed by atoms with Crippen LogP contribution in [0.4, 0.5) is 0 Å². The molecule has 0 saturated heterocycles. The first-order chi connectivity index (χ1) is 10.3. The molecule has 0 aliphatic carbocycles. The second-order valence-electron chi connectivity index (χ2n) is 4.53. The SMILES string of the molecule is Brc1ccc(-c2csc(-c3nc4ccccc4s3)n2)cc1. The van der Waals surface area contributed by atoms with Crippen molar-refractivity contribution in [3.05, 3.63) is 58.4 Å². The Balaban J connectivity index is 1.75. The molecule has 2 heterocycles. The summed E-state index contributed by atoms with van der Waals surface area (Å²) in [5.74, 6) is 0. The van der Waals surface area contributed by atoms with Crippen LogP contribution in [-0.4, -0.2) is 9.97 Å². The van der Waals surface area contributed by atoms with Crippen LogP contribution in [0, 0.1) is 0 Å². The molecule has 0 radical (unpaired) electrons. The van der Waals surface area contributed by atoms with Gasteiger partial charge in [-0.05, 0) is 24.3 Å². The molecule has 21 heavy (non-hydrogen) atoms. The van der Waals surface area contributed by atoms with Gasteiger partial charge in [-0.15, -0.1) is 22.7 Å². The molecule has 0 aliphatic heterocycles. The first kappa shape index (κ1) is 13.1. The van der Waals surface area contributed by atoms with E-state index < -0.39 is 0 Å². The standard InChI is InChI=1S/C16H9BrN2S2/c17-11-7-5-10(6-8-11)13-9-20-15(19-13)16-18-12-3-1-2-4-14(12)21-16/h1-9H. The molecule has 2 nitrogen and oxygen atoms in total. The lowest BCUT2D eigenvalue weighted by atomic mass is 10.2. The van der Waals surface area contributed by atoms with Gasteiger partial charge in [-0.1, -0.05) is 40.2 Å². The number of hydrogen-bond acceptors (Lipinski definition) is 4. The maximum absolute atomic E-state index is 4.73. The lowest BCUT2D eigenvalue weighted by molar-refractivity contribution is 1.37. The van der Waals surface area contributed by atoms with Crippen molar-refractivity contribution in [2.45, 2.75) is 0 Å². The van der Waals surface area contributed by atoms with Gasteiger partial charge in [-0.25, -0.2) is 9.97 Å². The second-order valence-corrected chi connectivity index (χ2v) is 7.34. The van der Waals surface area contributed by atoms with Gasteiger partial charge < -0.3 is 0 Å². The van der Waals surface area contributed by atoms with E-state index in [1.807, 2.05) is 30.3 Å². The Morgan fingerprint density at radius 3 is 2.48 bits per heavy atom. The van der Waals surface area contributed by atoms with E-state index in [1.165, 1.54) is 4.70 Å². The molecule has 0 fully saturated rings. The number of hydrogen-bond donors (Lipinski definition) is 0. The van der Waals surface area contributed by atoms with Crippen molar-refractivity contribution < 1.29 is 0 Å². The number of rotatable bonds is 2. The first-order valence-electron chi connectivity index (χ1n) is 6.37. The number of para-hydroxylation sites is 1. The predicted octanol–water partition coefficient (Wildman–Crippen LogP) is 5.85. The van der Waals surface area contributed by atoms with Gasteiger partial charge >= 0.3 is 0 Å². The molecule has 0 atom stereocenters. The van der Waals surface area contributed by atoms with E-state index in [2.05, 4.69) is 44.5 Å². The van der Waals surface area contributed by atoms with E-state index in [0.717, 1.165) is 31.3 Å². The molecule has 0 bridgehead atoms. The Hall–Kier alpha value is -1.56. The van der Waals surface area contributed by atoms with Crippen molar-refractivity contribution in [2.24, 2.45) is 0 Å². The quantitative estimate of drug-likeness (QED) is 0.441. The Morgan fingerprint density at radius 1 is 0.857 bits per heavy atom. The third-order valence-electron chi connectivity index (χ3n) is 3.12. The fourth-order valence-corrected chi connectivity index (χ4v) is 4.18. The average Bonchev–Trinajstić information content (AvgIpc) is 3.14. The third-order valence-corrected chi connectivity index (χ3v) is 5.67. The van der Waals surface area contributed by atoms with E-state index in [0.29, 0.717) is 0 Å². The van der Waals surface area contributed by atoms with Gasteiger partial charge in [0.2, 0.25) is 0 Å². The molecular formula is C16H9BrN2S2. The summed E-state index contributed by atoms with van der Waals surface area (Å²) in [6.45, 7) is 0. The highest BCUT2D eigenvalue weighted by atomic mass is 79.9. The molecule has 4 aromatic rings. The van der Waals surface area contributed by atoms with Crippen LogP contribution in [0.2, 0.25) is 0 Å². The number of thiazole rings is 2. The highest BCUT2D eigenvalue weighted by Gasteiger charge is 2.11. The molecular weight excluding hydrogens is 364 g/mol. The maximum Gasteiger partial charge on any atom is 0.153 e. The van der Waals surface area contributed by atoms with E-state index in [1.54, 1.807) is 22.7 Å². The summed E-state index contributed by atoms with van der Waals surface area (Å²) in [4.78, 5) is 9.39. The molecule has 0 unspecified atom stereocenters. The summed E-state index contributed by atoms with van der Waals surface area (Å²) in [6.07, 6.45) is 0. The van der Waals surface area contributed by atoms with Gasteiger partial charge in [-0.2, -0.15) is 0 Å². The minimum atomic E-state index is 0.981. The highest BCUT2D eigenvalue weighted by molar-refractivity contribution is 9.10. The molecule has 0 amide bonds. The summed E-state index contributed by atoms with van der Waals surface area (Å²) >= 11 is 6.79. The number of halogens is 1. The monoisotopic (exact) mass is 372 g/mol. The van der Waals surface area contributed by atoms with Gasteiger partial charge in [0.05, 0.1) is 15.9 Å². The van der Waals surface area contributed by atoms with Crippen LogP contribution in [0.15, 0.2) is 58.4 Å². The third kappa shape index (κ3) is 2.52. The summed E-state index contributed by atoms with van der Waals surface area (Å²) < 4.78 is 2.28. The van der Waals surface area contributed by atoms with Crippen molar-refractivity contribution in [1.29, 1.82) is 0 Å². The largest absolute Gasteiger partial charge is 0.233 e. The normalized spacial score (nSPS) is 11.1. The van der Waals surface area contributed by atoms with Gasteiger partial charge in [0.15, 0.2) is 10.0 Å². The van der Waals surface area contributed by atoms with Crippen molar-refractivity contribution >= 4 is 48.8 Å². The van der Waals surface area contributed by atoms with Crippen LogP contribution in [0.25, 0.3) is 31.5 Å². The zero-order valence-electron chi connectivity index (χ0n) is 10.8. The van der Waals surface area contributed by atoms with Gasteiger partial charge in [-0.3, -0.25) is 0 Å². The van der Waals surface area contributed by atoms with Crippen molar-refractivity contribution in [1.82, 2.24) is 9.97 Å². The van der Waals surface area contributed by atoms with E-state index >= 15 is 0 Å². The summed E-state index contributed by atoms with van der Waals surface area (Å²) in [6, 6.07) is 16.4. The summed E-state index contributed by atoms with van der Waals surface area (Å²) in [5.41, 5.74) is 3.17.